The summed E-state index contributed by atoms with van der Waals surface area (Å²) in [5.41, 5.74) is 4.10. The molecule has 0 aromatic heterocycles. The first-order valence-electron chi connectivity index (χ1n) is 14.6. The third-order valence-corrected chi connectivity index (χ3v) is 9.06. The van der Waals surface area contributed by atoms with Crippen LogP contribution in [0, 0.1) is 17.3 Å². The number of rotatable bonds is 5. The standard InChI is InChI=1S/C36H38N2O3/c1-21(2)19-23-15-17-24(18-16-23)32(39)30-31(33(40)35(4,5)6)38-28-14-10-7-11-25(28)22(3)20-29(38)36(30)26-12-8-9-13-27(26)37-34(36)41/h7-18,20-21,29-31H,19H2,1-6H3,(H,37,41)/t29-,30-,31-,36+/m0/s1. The molecule has 41 heavy (non-hydrogen) atoms. The lowest BCUT2D eigenvalue weighted by molar-refractivity contribution is -0.128. The van der Waals surface area contributed by atoms with Crippen LogP contribution >= 0.6 is 0 Å². The van der Waals surface area contributed by atoms with E-state index in [2.05, 4.69) is 30.1 Å². The van der Waals surface area contributed by atoms with Crippen LogP contribution in [0.5, 0.6) is 0 Å². The molecule has 3 heterocycles. The van der Waals surface area contributed by atoms with E-state index >= 15 is 0 Å². The Morgan fingerprint density at radius 1 is 0.951 bits per heavy atom. The van der Waals surface area contributed by atoms with E-state index in [0.29, 0.717) is 17.2 Å². The van der Waals surface area contributed by atoms with Gasteiger partial charge in [0.05, 0.1) is 12.0 Å². The molecule has 3 aromatic carbocycles. The number of allylic oxidation sites excluding steroid dienone is 1. The van der Waals surface area contributed by atoms with Gasteiger partial charge in [0.2, 0.25) is 5.91 Å². The van der Waals surface area contributed by atoms with Crippen molar-refractivity contribution < 1.29 is 14.4 Å². The van der Waals surface area contributed by atoms with E-state index in [0.717, 1.165) is 34.4 Å². The maximum atomic E-state index is 14.9. The zero-order chi connectivity index (χ0) is 29.3. The summed E-state index contributed by atoms with van der Waals surface area (Å²) in [5.74, 6) is -0.874. The number of fused-ring (bicyclic) bond motifs is 6. The molecule has 3 aliphatic heterocycles. The van der Waals surface area contributed by atoms with Gasteiger partial charge in [0, 0.05) is 27.9 Å². The molecule has 4 atom stereocenters. The van der Waals surface area contributed by atoms with E-state index in [4.69, 9.17) is 0 Å². The number of carbonyl (C=O) groups excluding carboxylic acids is 3. The fraction of sp³-hybridized carbons (Fsp3) is 0.361. The van der Waals surface area contributed by atoms with Crippen LogP contribution in [0.3, 0.4) is 0 Å². The molecule has 3 aromatic rings. The summed E-state index contributed by atoms with van der Waals surface area (Å²) in [5, 5.41) is 3.11. The number of anilines is 2. The number of carbonyl (C=O) groups is 3. The second kappa shape index (κ2) is 9.54. The Labute approximate surface area is 242 Å². The lowest BCUT2D eigenvalue weighted by atomic mass is 9.63. The SMILES string of the molecule is CC1=C[C@@H]2N(c3ccccc31)[C@H](C(=O)C(C)(C)C)[C@@H](C(=O)c1ccc(CC(C)C)cc1)[C@]21C(=O)Nc2ccccc21. The Hall–Kier alpha value is -3.99. The van der Waals surface area contributed by atoms with Crippen LogP contribution in [0.25, 0.3) is 5.57 Å². The first kappa shape index (κ1) is 27.2. The van der Waals surface area contributed by atoms with Crippen LogP contribution in [0.2, 0.25) is 0 Å². The molecule has 1 spiro atoms. The Balaban J connectivity index is 1.63. The monoisotopic (exact) mass is 546 g/mol. The lowest BCUT2D eigenvalue weighted by Gasteiger charge is -2.39. The van der Waals surface area contributed by atoms with Crippen molar-refractivity contribution >= 4 is 34.4 Å². The van der Waals surface area contributed by atoms with Gasteiger partial charge in [-0.05, 0) is 48.1 Å². The molecule has 0 aliphatic carbocycles. The fourth-order valence-corrected chi connectivity index (χ4v) is 7.29. The van der Waals surface area contributed by atoms with Crippen molar-refractivity contribution in [3.8, 4) is 0 Å². The Morgan fingerprint density at radius 3 is 2.29 bits per heavy atom. The van der Waals surface area contributed by atoms with Gasteiger partial charge in [0.15, 0.2) is 11.6 Å². The fourth-order valence-electron chi connectivity index (χ4n) is 7.29. The quantitative estimate of drug-likeness (QED) is 0.355. The third-order valence-electron chi connectivity index (χ3n) is 9.06. The molecule has 0 bridgehead atoms. The highest BCUT2D eigenvalue weighted by molar-refractivity contribution is 6.17. The molecule has 0 radical (unpaired) electrons. The smallest absolute Gasteiger partial charge is 0.238 e. The van der Waals surface area contributed by atoms with Crippen LogP contribution in [0.4, 0.5) is 11.4 Å². The summed E-state index contributed by atoms with van der Waals surface area (Å²) in [4.78, 5) is 46.0. The number of nitrogens with zero attached hydrogens (tertiary/aromatic N) is 1. The van der Waals surface area contributed by atoms with Crippen molar-refractivity contribution in [2.24, 2.45) is 17.3 Å². The molecule has 0 saturated carbocycles. The highest BCUT2D eigenvalue weighted by Gasteiger charge is 2.71. The minimum absolute atomic E-state index is 0.0471. The molecule has 1 fully saturated rings. The van der Waals surface area contributed by atoms with Crippen molar-refractivity contribution in [2.75, 3.05) is 10.2 Å². The predicted octanol–water partition coefficient (Wildman–Crippen LogP) is 6.86. The van der Waals surface area contributed by atoms with Gasteiger partial charge in [0.25, 0.3) is 0 Å². The number of ketones is 2. The van der Waals surface area contributed by atoms with Crippen molar-refractivity contribution in [3.63, 3.8) is 0 Å². The second-order valence-corrected chi connectivity index (χ2v) is 13.3. The van der Waals surface area contributed by atoms with E-state index in [1.54, 1.807) is 0 Å². The van der Waals surface area contributed by atoms with Crippen molar-refractivity contribution in [1.82, 2.24) is 0 Å². The topological polar surface area (TPSA) is 66.5 Å². The van der Waals surface area contributed by atoms with Gasteiger partial charge in [-0.1, -0.05) is 101 Å². The van der Waals surface area contributed by atoms with E-state index in [1.807, 2.05) is 100 Å². The molecule has 6 rings (SSSR count). The minimum Gasteiger partial charge on any atom is -0.352 e. The van der Waals surface area contributed by atoms with Crippen LogP contribution in [0.1, 0.15) is 68.6 Å². The summed E-state index contributed by atoms with van der Waals surface area (Å²) in [6.45, 7) is 12.1. The van der Waals surface area contributed by atoms with Crippen LogP contribution in [0.15, 0.2) is 78.9 Å². The highest BCUT2D eigenvalue weighted by Crippen LogP contribution is 2.59. The number of hydrogen-bond acceptors (Lipinski definition) is 4. The van der Waals surface area contributed by atoms with Crippen molar-refractivity contribution in [3.05, 3.63) is 101 Å². The molecule has 210 valence electrons. The molecule has 5 heteroatoms. The van der Waals surface area contributed by atoms with Gasteiger partial charge < -0.3 is 10.2 Å². The van der Waals surface area contributed by atoms with E-state index < -0.39 is 28.8 Å². The summed E-state index contributed by atoms with van der Waals surface area (Å²) < 4.78 is 0. The van der Waals surface area contributed by atoms with Crippen LogP contribution in [-0.4, -0.2) is 29.6 Å². The second-order valence-electron chi connectivity index (χ2n) is 13.3. The van der Waals surface area contributed by atoms with Crippen molar-refractivity contribution in [2.45, 2.75) is 65.5 Å². The lowest BCUT2D eigenvalue weighted by Crippen LogP contribution is -2.51. The molecule has 3 aliphatic rings. The average Bonchev–Trinajstić information content (AvgIpc) is 3.40. The summed E-state index contributed by atoms with van der Waals surface area (Å²) in [6, 6.07) is 22.1. The molecule has 1 amide bonds. The van der Waals surface area contributed by atoms with Gasteiger partial charge in [-0.2, -0.15) is 0 Å². The van der Waals surface area contributed by atoms with E-state index in [-0.39, 0.29) is 17.5 Å². The van der Waals surface area contributed by atoms with Gasteiger partial charge in [0.1, 0.15) is 11.5 Å². The maximum absolute atomic E-state index is 14.9. The molecular formula is C36H38N2O3. The molecule has 1 saturated heterocycles. The Bertz CT molecular complexity index is 1590. The minimum atomic E-state index is -1.27. The summed E-state index contributed by atoms with van der Waals surface area (Å²) >= 11 is 0. The first-order chi connectivity index (χ1) is 19.5. The average molecular weight is 547 g/mol. The molecular weight excluding hydrogens is 508 g/mol. The third kappa shape index (κ3) is 4.00. The van der Waals surface area contributed by atoms with E-state index in [9.17, 15) is 14.4 Å². The highest BCUT2D eigenvalue weighted by atomic mass is 16.2. The molecule has 1 N–H and O–H groups in total. The number of hydrogen-bond donors (Lipinski definition) is 1. The number of Topliss-reactive ketones (excluding diaryl/α,β-unsaturated/α-hetero) is 2. The van der Waals surface area contributed by atoms with Crippen LogP contribution < -0.4 is 10.2 Å². The number of para-hydroxylation sites is 2. The number of amides is 1. The number of nitrogens with one attached hydrogen (secondary N) is 1. The Kier molecular flexibility index (Phi) is 6.33. The largest absolute Gasteiger partial charge is 0.352 e. The van der Waals surface area contributed by atoms with Gasteiger partial charge in [-0.3, -0.25) is 14.4 Å². The Morgan fingerprint density at radius 2 is 1.61 bits per heavy atom. The zero-order valence-electron chi connectivity index (χ0n) is 24.7. The summed E-state index contributed by atoms with van der Waals surface area (Å²) in [7, 11) is 0. The zero-order valence-corrected chi connectivity index (χ0v) is 24.7. The predicted molar refractivity (Wildman–Crippen MR) is 164 cm³/mol. The summed E-state index contributed by atoms with van der Waals surface area (Å²) in [6.07, 6.45) is 3.02. The molecule has 0 unspecified atom stereocenters. The normalized spacial score (nSPS) is 24.6. The van der Waals surface area contributed by atoms with Crippen molar-refractivity contribution in [1.29, 1.82) is 0 Å². The van der Waals surface area contributed by atoms with Gasteiger partial charge >= 0.3 is 0 Å². The van der Waals surface area contributed by atoms with Gasteiger partial charge in [-0.25, -0.2) is 0 Å². The van der Waals surface area contributed by atoms with E-state index in [1.165, 1.54) is 0 Å². The molecule has 5 nitrogen and oxygen atoms in total. The van der Waals surface area contributed by atoms with Gasteiger partial charge in [-0.15, -0.1) is 0 Å². The number of benzene rings is 3. The maximum Gasteiger partial charge on any atom is 0.238 e. The first-order valence-corrected chi connectivity index (χ1v) is 14.6. The van der Waals surface area contributed by atoms with Crippen LogP contribution in [-0.2, 0) is 21.4 Å².